The van der Waals surface area contributed by atoms with Crippen LogP contribution in [0.5, 0.6) is 0 Å². The van der Waals surface area contributed by atoms with Crippen LogP contribution in [0.4, 0.5) is 22.0 Å². The predicted molar refractivity (Wildman–Crippen MR) is 36.7 cm³/mol. The van der Waals surface area contributed by atoms with Crippen LogP contribution < -0.4 is 0 Å². The van der Waals surface area contributed by atoms with Gasteiger partial charge in [0, 0.05) is 18.0 Å². The number of nitrogens with zero attached hydrogens (tertiary/aromatic N) is 1. The molecular weight excluding hydrogens is 209 g/mol. The maximum atomic E-state index is 11.9. The van der Waals surface area contributed by atoms with E-state index in [2.05, 4.69) is 0 Å². The normalized spacial score (nSPS) is 14.8. The van der Waals surface area contributed by atoms with E-state index in [1.165, 1.54) is 0 Å². The molecule has 0 saturated heterocycles. The van der Waals surface area contributed by atoms with Gasteiger partial charge in [-0.25, -0.2) is 0 Å². The molecule has 0 fully saturated rings. The molecule has 1 unspecified atom stereocenters. The van der Waals surface area contributed by atoms with Gasteiger partial charge in [0.15, 0.2) is 6.10 Å². The molecule has 7 heteroatoms. The number of rotatable bonds is 2. The first-order valence-electron chi connectivity index (χ1n) is 3.52. The van der Waals surface area contributed by atoms with Crippen molar-refractivity contribution in [1.29, 1.82) is 0 Å². The van der Waals surface area contributed by atoms with Crippen molar-refractivity contribution in [2.24, 2.45) is 0 Å². The summed E-state index contributed by atoms with van der Waals surface area (Å²) in [6.45, 7) is -2.91. The fourth-order valence-electron chi connectivity index (χ4n) is 0.902. The van der Waals surface area contributed by atoms with E-state index in [-0.39, 0.29) is 4.57 Å². The van der Waals surface area contributed by atoms with Gasteiger partial charge >= 0.3 is 12.7 Å². The topological polar surface area (TPSA) is 25.2 Å². The Bertz CT molecular complexity index is 305. The van der Waals surface area contributed by atoms with E-state index in [1.807, 2.05) is 0 Å². The second-order valence-electron chi connectivity index (χ2n) is 2.61. The van der Waals surface area contributed by atoms with E-state index in [0.717, 1.165) is 12.3 Å². The number of alkyl halides is 5. The Hall–Kier alpha value is -1.11. The molecular formula is C7H6F5NO. The van der Waals surface area contributed by atoms with Crippen LogP contribution in [-0.2, 0) is 0 Å². The van der Waals surface area contributed by atoms with Crippen molar-refractivity contribution in [3.63, 3.8) is 0 Å². The van der Waals surface area contributed by atoms with Crippen LogP contribution in [-0.4, -0.2) is 15.8 Å². The highest BCUT2D eigenvalue weighted by Gasteiger charge is 2.39. The molecule has 0 aliphatic carbocycles. The lowest BCUT2D eigenvalue weighted by Gasteiger charge is -2.12. The summed E-state index contributed by atoms with van der Waals surface area (Å²) in [6.07, 6.45) is -6.23. The van der Waals surface area contributed by atoms with Crippen molar-refractivity contribution >= 4 is 0 Å². The maximum Gasteiger partial charge on any atom is 0.418 e. The fraction of sp³-hybridized carbons (Fsp3) is 0.429. The van der Waals surface area contributed by atoms with Crippen LogP contribution in [0.2, 0.25) is 0 Å². The number of hydrogen-bond acceptors (Lipinski definition) is 1. The van der Waals surface area contributed by atoms with E-state index in [1.54, 1.807) is 0 Å². The van der Waals surface area contributed by atoms with Crippen molar-refractivity contribution in [3.8, 4) is 0 Å². The summed E-state index contributed by atoms with van der Waals surface area (Å²) in [5.74, 6) is 0. The second kappa shape index (κ2) is 3.56. The number of aromatic nitrogens is 1. The highest BCUT2D eigenvalue weighted by atomic mass is 19.4. The van der Waals surface area contributed by atoms with Gasteiger partial charge in [0.2, 0.25) is 0 Å². The Morgan fingerprint density at radius 1 is 1.29 bits per heavy atom. The Morgan fingerprint density at radius 2 is 1.86 bits per heavy atom. The van der Waals surface area contributed by atoms with Crippen molar-refractivity contribution in [2.45, 2.75) is 18.8 Å². The summed E-state index contributed by atoms with van der Waals surface area (Å²) in [7, 11) is 0. The summed E-state index contributed by atoms with van der Waals surface area (Å²) in [5, 5.41) is 8.67. The van der Waals surface area contributed by atoms with Crippen LogP contribution in [0, 0.1) is 0 Å². The van der Waals surface area contributed by atoms with Crippen LogP contribution >= 0.6 is 0 Å². The number of aliphatic hydroxyl groups is 1. The lowest BCUT2D eigenvalue weighted by Crippen LogP contribution is -2.19. The van der Waals surface area contributed by atoms with Gasteiger partial charge in [-0.3, -0.25) is 4.57 Å². The minimum atomic E-state index is -4.84. The SMILES string of the molecule is OC(c1ccn(C(F)F)c1)C(F)(F)F. The Balaban J connectivity index is 2.87. The first kappa shape index (κ1) is 11.0. The average Bonchev–Trinajstić information content (AvgIpc) is 2.48. The summed E-state index contributed by atoms with van der Waals surface area (Å²) >= 11 is 0. The minimum Gasteiger partial charge on any atom is -0.379 e. The monoisotopic (exact) mass is 215 g/mol. The number of hydrogen-bond donors (Lipinski definition) is 1. The average molecular weight is 215 g/mol. The summed E-state index contributed by atoms with van der Waals surface area (Å²) in [4.78, 5) is 0. The van der Waals surface area contributed by atoms with Gasteiger partial charge in [0.05, 0.1) is 0 Å². The zero-order valence-electron chi connectivity index (χ0n) is 6.67. The highest BCUT2D eigenvalue weighted by molar-refractivity contribution is 5.15. The lowest BCUT2D eigenvalue weighted by atomic mass is 10.2. The molecule has 0 radical (unpaired) electrons. The molecule has 0 aromatic carbocycles. The number of halogens is 5. The minimum absolute atomic E-state index is 0.282. The molecule has 0 saturated carbocycles. The maximum absolute atomic E-state index is 11.9. The fourth-order valence-corrected chi connectivity index (χ4v) is 0.902. The molecule has 1 heterocycles. The van der Waals surface area contributed by atoms with E-state index in [0.29, 0.717) is 6.20 Å². The molecule has 0 aliphatic heterocycles. The van der Waals surface area contributed by atoms with Gasteiger partial charge in [-0.15, -0.1) is 0 Å². The molecule has 1 aromatic heterocycles. The molecule has 14 heavy (non-hydrogen) atoms. The van der Waals surface area contributed by atoms with Gasteiger partial charge in [-0.2, -0.15) is 22.0 Å². The molecule has 0 spiro atoms. The van der Waals surface area contributed by atoms with Crippen molar-refractivity contribution in [3.05, 3.63) is 24.0 Å². The predicted octanol–water partition coefficient (Wildman–Crippen LogP) is 2.48. The molecule has 1 atom stereocenters. The largest absolute Gasteiger partial charge is 0.418 e. The molecule has 0 bridgehead atoms. The molecule has 0 aliphatic rings. The van der Waals surface area contributed by atoms with Gasteiger partial charge in [-0.05, 0) is 6.07 Å². The zero-order chi connectivity index (χ0) is 10.9. The van der Waals surface area contributed by atoms with Gasteiger partial charge in [0.25, 0.3) is 0 Å². The summed E-state index contributed by atoms with van der Waals surface area (Å²) in [6, 6.07) is 0.796. The van der Waals surface area contributed by atoms with Crippen molar-refractivity contribution < 1.29 is 27.1 Å². The van der Waals surface area contributed by atoms with E-state index in [9.17, 15) is 22.0 Å². The number of aliphatic hydroxyl groups excluding tert-OH is 1. The third kappa shape index (κ3) is 2.22. The van der Waals surface area contributed by atoms with E-state index < -0.39 is 24.4 Å². The second-order valence-corrected chi connectivity index (χ2v) is 2.61. The van der Waals surface area contributed by atoms with Crippen LogP contribution in [0.3, 0.4) is 0 Å². The highest BCUT2D eigenvalue weighted by Crippen LogP contribution is 2.32. The molecule has 1 N–H and O–H groups in total. The Kier molecular flexibility index (Phi) is 2.79. The van der Waals surface area contributed by atoms with E-state index >= 15 is 0 Å². The Morgan fingerprint density at radius 3 is 2.21 bits per heavy atom. The molecule has 80 valence electrons. The first-order chi connectivity index (χ1) is 6.32. The summed E-state index contributed by atoms with van der Waals surface area (Å²) < 4.78 is 59.9. The van der Waals surface area contributed by atoms with Gasteiger partial charge in [0.1, 0.15) is 0 Å². The first-order valence-corrected chi connectivity index (χ1v) is 3.52. The van der Waals surface area contributed by atoms with Crippen molar-refractivity contribution in [1.82, 2.24) is 4.57 Å². The van der Waals surface area contributed by atoms with Crippen LogP contribution in [0.15, 0.2) is 18.5 Å². The lowest BCUT2D eigenvalue weighted by molar-refractivity contribution is -0.206. The third-order valence-corrected chi connectivity index (χ3v) is 1.59. The quantitative estimate of drug-likeness (QED) is 0.753. The smallest absolute Gasteiger partial charge is 0.379 e. The Labute approximate surface area is 75.6 Å². The van der Waals surface area contributed by atoms with Gasteiger partial charge < -0.3 is 5.11 Å². The van der Waals surface area contributed by atoms with Crippen LogP contribution in [0.1, 0.15) is 18.2 Å². The summed E-state index contributed by atoms with van der Waals surface area (Å²) in [5.41, 5.74) is -0.599. The van der Waals surface area contributed by atoms with Crippen LogP contribution in [0.25, 0.3) is 0 Å². The molecule has 2 nitrogen and oxygen atoms in total. The molecule has 1 aromatic rings. The van der Waals surface area contributed by atoms with Gasteiger partial charge in [-0.1, -0.05) is 0 Å². The van der Waals surface area contributed by atoms with Crippen molar-refractivity contribution in [2.75, 3.05) is 0 Å². The molecule has 0 amide bonds. The van der Waals surface area contributed by atoms with E-state index in [4.69, 9.17) is 5.11 Å². The molecule has 1 rings (SSSR count). The third-order valence-electron chi connectivity index (χ3n) is 1.59. The zero-order valence-corrected chi connectivity index (χ0v) is 6.67. The standard InChI is InChI=1S/C7H6F5NO/c8-6(9)13-2-1-4(3-13)5(14)7(10,11)12/h1-3,5-6,14H.